The molecule has 0 spiro atoms. The number of carbonyl (C=O) groups excluding carboxylic acids is 2. The van der Waals surface area contributed by atoms with Crippen molar-refractivity contribution in [3.8, 4) is 0 Å². The van der Waals surface area contributed by atoms with Crippen LogP contribution in [-0.2, 0) is 14.3 Å². The normalized spacial score (nSPS) is 28.5. The third kappa shape index (κ3) is 4.98. The Hall–Kier alpha value is -2.14. The minimum absolute atomic E-state index is 0.112. The van der Waals surface area contributed by atoms with Crippen LogP contribution in [0.3, 0.4) is 0 Å². The molecule has 1 fully saturated rings. The lowest BCUT2D eigenvalue weighted by molar-refractivity contribution is -0.166. The average molecular weight is 374 g/mol. The van der Waals surface area contributed by atoms with E-state index in [9.17, 15) is 14.7 Å². The van der Waals surface area contributed by atoms with E-state index in [1.807, 2.05) is 26.8 Å². The first-order chi connectivity index (χ1) is 12.5. The number of aliphatic hydroxyl groups is 1. The molecular formula is C22H30O5. The molecule has 1 aromatic carbocycles. The molecule has 0 aliphatic heterocycles. The van der Waals surface area contributed by atoms with Crippen molar-refractivity contribution in [1.29, 1.82) is 0 Å². The van der Waals surface area contributed by atoms with Crippen molar-refractivity contribution in [3.63, 3.8) is 0 Å². The molecule has 148 valence electrons. The summed E-state index contributed by atoms with van der Waals surface area (Å²) < 4.78 is 10.8. The smallest absolute Gasteiger partial charge is 0.338 e. The van der Waals surface area contributed by atoms with Gasteiger partial charge in [-0.3, -0.25) is 4.79 Å². The Balaban J connectivity index is 2.07. The van der Waals surface area contributed by atoms with E-state index in [0.717, 1.165) is 0 Å². The van der Waals surface area contributed by atoms with E-state index >= 15 is 0 Å². The molecule has 2 rings (SSSR count). The van der Waals surface area contributed by atoms with Gasteiger partial charge in [0.15, 0.2) is 0 Å². The minimum atomic E-state index is -1.09. The summed E-state index contributed by atoms with van der Waals surface area (Å²) in [6.45, 7) is 9.04. The summed E-state index contributed by atoms with van der Waals surface area (Å²) >= 11 is 0. The van der Waals surface area contributed by atoms with Crippen LogP contribution in [-0.4, -0.2) is 34.9 Å². The van der Waals surface area contributed by atoms with Gasteiger partial charge in [-0.25, -0.2) is 4.79 Å². The van der Waals surface area contributed by atoms with Crippen LogP contribution in [0.1, 0.15) is 57.8 Å². The molecule has 1 aromatic rings. The predicted molar refractivity (Wildman–Crippen MR) is 103 cm³/mol. The maximum Gasteiger partial charge on any atom is 0.338 e. The first kappa shape index (κ1) is 21.2. The fourth-order valence-electron chi connectivity index (χ4n) is 3.90. The van der Waals surface area contributed by atoms with Gasteiger partial charge in [0.1, 0.15) is 12.2 Å². The van der Waals surface area contributed by atoms with Crippen LogP contribution < -0.4 is 0 Å². The van der Waals surface area contributed by atoms with Gasteiger partial charge in [-0.2, -0.15) is 0 Å². The number of esters is 2. The maximum absolute atomic E-state index is 12.2. The summed E-state index contributed by atoms with van der Waals surface area (Å²) in [5.74, 6) is -0.810. The Bertz CT molecular complexity index is 694. The Morgan fingerprint density at radius 3 is 2.44 bits per heavy atom. The van der Waals surface area contributed by atoms with Crippen molar-refractivity contribution in [2.75, 3.05) is 0 Å². The fraction of sp³-hybridized carbons (Fsp3) is 0.545. The van der Waals surface area contributed by atoms with E-state index in [2.05, 4.69) is 0 Å². The molecule has 0 aromatic heterocycles. The highest BCUT2D eigenvalue weighted by Gasteiger charge is 2.51. The summed E-state index contributed by atoms with van der Waals surface area (Å²) in [7, 11) is 0. The quantitative estimate of drug-likeness (QED) is 0.625. The van der Waals surface area contributed by atoms with Crippen LogP contribution in [0.25, 0.3) is 0 Å². The Morgan fingerprint density at radius 2 is 1.89 bits per heavy atom. The summed E-state index contributed by atoms with van der Waals surface area (Å²) in [4.78, 5) is 23.4. The lowest BCUT2D eigenvalue weighted by Crippen LogP contribution is -2.55. The van der Waals surface area contributed by atoms with Gasteiger partial charge in [0.25, 0.3) is 0 Å². The van der Waals surface area contributed by atoms with Crippen LogP contribution in [0.2, 0.25) is 0 Å². The largest absolute Gasteiger partial charge is 0.463 e. The second-order valence-electron chi connectivity index (χ2n) is 8.12. The van der Waals surface area contributed by atoms with Crippen molar-refractivity contribution in [3.05, 3.63) is 48.0 Å². The second-order valence-corrected chi connectivity index (χ2v) is 8.12. The molecule has 0 amide bonds. The number of hydrogen-bond donors (Lipinski definition) is 1. The number of carbonyl (C=O) groups is 2. The van der Waals surface area contributed by atoms with E-state index in [4.69, 9.17) is 9.47 Å². The van der Waals surface area contributed by atoms with E-state index < -0.39 is 23.1 Å². The third-order valence-electron chi connectivity index (χ3n) is 5.45. The number of hydrogen-bond acceptors (Lipinski definition) is 5. The average Bonchev–Trinajstić information content (AvgIpc) is 2.58. The summed E-state index contributed by atoms with van der Waals surface area (Å²) in [5, 5.41) is 11.4. The monoisotopic (exact) mass is 374 g/mol. The van der Waals surface area contributed by atoms with E-state index in [1.165, 1.54) is 6.92 Å². The molecule has 4 atom stereocenters. The minimum Gasteiger partial charge on any atom is -0.463 e. The van der Waals surface area contributed by atoms with Crippen LogP contribution in [0.4, 0.5) is 0 Å². The molecule has 0 bridgehead atoms. The Kier molecular flexibility index (Phi) is 6.47. The van der Waals surface area contributed by atoms with Crippen LogP contribution in [0.15, 0.2) is 42.5 Å². The van der Waals surface area contributed by atoms with E-state index in [-0.39, 0.29) is 18.0 Å². The van der Waals surface area contributed by atoms with Crippen molar-refractivity contribution < 1.29 is 24.2 Å². The van der Waals surface area contributed by atoms with Crippen LogP contribution >= 0.6 is 0 Å². The van der Waals surface area contributed by atoms with Crippen LogP contribution in [0.5, 0.6) is 0 Å². The standard InChI is InChI=1S/C22H30O5/c1-15-13-19(27-17(3)23)14-21(4,5)22(15,25)12-11-16(2)26-20(24)18-9-7-6-8-10-18/h6-12,15-16,19,25H,13-14H2,1-5H3/b12-11+/t15-,16-,19+,22-/m1/s1. The van der Waals surface area contributed by atoms with Crippen molar-refractivity contribution in [2.45, 2.75) is 65.3 Å². The lowest BCUT2D eigenvalue weighted by Gasteiger charge is -2.51. The molecular weight excluding hydrogens is 344 g/mol. The summed E-state index contributed by atoms with van der Waals surface area (Å²) in [6.07, 6.45) is 3.94. The van der Waals surface area contributed by atoms with Crippen LogP contribution in [0, 0.1) is 11.3 Å². The van der Waals surface area contributed by atoms with Gasteiger partial charge in [-0.15, -0.1) is 0 Å². The first-order valence-electron chi connectivity index (χ1n) is 9.40. The highest BCUT2D eigenvalue weighted by molar-refractivity contribution is 5.89. The second kappa shape index (κ2) is 8.26. The van der Waals surface area contributed by atoms with E-state index in [0.29, 0.717) is 18.4 Å². The first-order valence-corrected chi connectivity index (χ1v) is 9.40. The van der Waals surface area contributed by atoms with Crippen molar-refractivity contribution in [2.24, 2.45) is 11.3 Å². The van der Waals surface area contributed by atoms with Gasteiger partial charge in [0.2, 0.25) is 0 Å². The zero-order chi connectivity index (χ0) is 20.2. The topological polar surface area (TPSA) is 72.8 Å². The van der Waals surface area contributed by atoms with Crippen molar-refractivity contribution >= 4 is 11.9 Å². The lowest BCUT2D eigenvalue weighted by atomic mass is 9.59. The van der Waals surface area contributed by atoms with Gasteiger partial charge >= 0.3 is 11.9 Å². The van der Waals surface area contributed by atoms with Crippen molar-refractivity contribution in [1.82, 2.24) is 0 Å². The third-order valence-corrected chi connectivity index (χ3v) is 5.45. The number of benzene rings is 1. The van der Waals surface area contributed by atoms with Gasteiger partial charge in [0.05, 0.1) is 11.2 Å². The molecule has 5 nitrogen and oxygen atoms in total. The number of ether oxygens (including phenoxy) is 2. The molecule has 27 heavy (non-hydrogen) atoms. The molecule has 0 heterocycles. The summed E-state index contributed by atoms with van der Waals surface area (Å²) in [5.41, 5.74) is -1.09. The molecule has 0 unspecified atom stereocenters. The zero-order valence-electron chi connectivity index (χ0n) is 16.8. The number of rotatable bonds is 5. The molecule has 1 N–H and O–H groups in total. The zero-order valence-corrected chi connectivity index (χ0v) is 16.8. The molecule has 5 heteroatoms. The molecule has 0 radical (unpaired) electrons. The maximum atomic E-state index is 12.2. The molecule has 1 saturated carbocycles. The van der Waals surface area contributed by atoms with E-state index in [1.54, 1.807) is 43.3 Å². The van der Waals surface area contributed by atoms with Gasteiger partial charge in [-0.05, 0) is 43.9 Å². The predicted octanol–water partition coefficient (Wildman–Crippen LogP) is 3.91. The molecule has 1 aliphatic rings. The molecule has 0 saturated heterocycles. The highest BCUT2D eigenvalue weighted by atomic mass is 16.5. The van der Waals surface area contributed by atoms with Gasteiger partial charge in [-0.1, -0.05) is 45.0 Å². The molecule has 1 aliphatic carbocycles. The fourth-order valence-corrected chi connectivity index (χ4v) is 3.90. The summed E-state index contributed by atoms with van der Waals surface area (Å²) in [6, 6.07) is 8.81. The highest BCUT2D eigenvalue weighted by Crippen LogP contribution is 2.48. The Labute approximate surface area is 161 Å². The van der Waals surface area contributed by atoms with Gasteiger partial charge in [0, 0.05) is 12.3 Å². The van der Waals surface area contributed by atoms with Gasteiger partial charge < -0.3 is 14.6 Å². The SMILES string of the molecule is CC(=O)O[C@H]1C[C@@H](C)[C@](O)(/C=C/[C@@H](C)OC(=O)c2ccccc2)C(C)(C)C1. The Morgan fingerprint density at radius 1 is 1.26 bits per heavy atom.